The summed E-state index contributed by atoms with van der Waals surface area (Å²) in [7, 11) is 0. The molecule has 1 aromatic carbocycles. The first kappa shape index (κ1) is 20.2. The molecular weight excluding hydrogens is 387 g/mol. The fraction of sp³-hybridized carbons (Fsp3) is 0.731. The number of rotatable bonds is 4. The second kappa shape index (κ2) is 7.55. The summed E-state index contributed by atoms with van der Waals surface area (Å²) in [6, 6.07) is 5.65. The summed E-state index contributed by atoms with van der Waals surface area (Å²) in [5.41, 5.74) is 2.53. The Balaban J connectivity index is 1.19. The van der Waals surface area contributed by atoms with E-state index in [1.54, 1.807) is 12.1 Å². The Morgan fingerprint density at radius 1 is 1.13 bits per heavy atom. The van der Waals surface area contributed by atoms with E-state index in [1.807, 2.05) is 6.07 Å². The van der Waals surface area contributed by atoms with Crippen molar-refractivity contribution in [3.8, 4) is 0 Å². The van der Waals surface area contributed by atoms with Gasteiger partial charge in [0, 0.05) is 44.2 Å². The molecule has 4 unspecified atom stereocenters. The van der Waals surface area contributed by atoms with Gasteiger partial charge in [-0.05, 0) is 80.4 Å². The largest absolute Gasteiger partial charge is 0.324 e. The molecule has 4 nitrogen and oxygen atoms in total. The molecule has 3 heterocycles. The summed E-state index contributed by atoms with van der Waals surface area (Å²) in [5, 5.41) is 3.49. The molecule has 5 heteroatoms. The first-order valence-corrected chi connectivity index (χ1v) is 12.6. The number of aromatic nitrogens is 2. The van der Waals surface area contributed by atoms with Gasteiger partial charge in [-0.15, -0.1) is 0 Å². The summed E-state index contributed by atoms with van der Waals surface area (Å²) in [6.45, 7) is 10.7. The molecule has 0 radical (unpaired) electrons. The number of nitrogens with zero attached hydrogens (tertiary/aromatic N) is 3. The van der Waals surface area contributed by atoms with Crippen LogP contribution in [0.3, 0.4) is 0 Å². The van der Waals surface area contributed by atoms with Crippen LogP contribution in [0.25, 0.3) is 11.0 Å². The summed E-state index contributed by atoms with van der Waals surface area (Å²) in [4.78, 5) is 7.69. The van der Waals surface area contributed by atoms with Gasteiger partial charge in [0.05, 0.1) is 11.0 Å². The van der Waals surface area contributed by atoms with Crippen molar-refractivity contribution in [1.29, 1.82) is 0 Å². The van der Waals surface area contributed by atoms with Gasteiger partial charge in [0.2, 0.25) is 0 Å². The van der Waals surface area contributed by atoms with Crippen molar-refractivity contribution in [3.05, 3.63) is 29.8 Å². The normalized spacial score (nSPS) is 33.6. The maximum Gasteiger partial charge on any atom is 0.125 e. The quantitative estimate of drug-likeness (QED) is 0.753. The Morgan fingerprint density at radius 2 is 1.97 bits per heavy atom. The van der Waals surface area contributed by atoms with Crippen LogP contribution in [0.1, 0.15) is 70.2 Å². The van der Waals surface area contributed by atoms with Crippen LogP contribution in [0.5, 0.6) is 0 Å². The first-order chi connectivity index (χ1) is 15.0. The zero-order chi connectivity index (χ0) is 21.2. The molecule has 3 aliphatic carbocycles. The number of nitrogens with one attached hydrogen (secondary N) is 1. The summed E-state index contributed by atoms with van der Waals surface area (Å²) < 4.78 is 16.4. The van der Waals surface area contributed by atoms with Crippen LogP contribution in [0, 0.1) is 29.0 Å². The molecular formula is C26H37FN4. The average molecular weight is 425 g/mol. The number of hydrogen-bond acceptors (Lipinski definition) is 3. The lowest BCUT2D eigenvalue weighted by molar-refractivity contribution is -0.112. The minimum absolute atomic E-state index is 0.184. The molecule has 5 aliphatic rings. The highest BCUT2D eigenvalue weighted by molar-refractivity contribution is 5.76. The Kier molecular flexibility index (Phi) is 4.91. The third-order valence-corrected chi connectivity index (χ3v) is 9.52. The van der Waals surface area contributed by atoms with Crippen LogP contribution in [-0.2, 0) is 0 Å². The highest BCUT2D eigenvalue weighted by Crippen LogP contribution is 2.61. The number of imidazole rings is 1. The van der Waals surface area contributed by atoms with Crippen LogP contribution >= 0.6 is 0 Å². The number of hydrogen-bond donors (Lipinski definition) is 1. The molecule has 2 aliphatic heterocycles. The van der Waals surface area contributed by atoms with E-state index in [-0.39, 0.29) is 5.82 Å². The van der Waals surface area contributed by atoms with E-state index >= 15 is 0 Å². The molecule has 1 N–H and O–H groups in total. The summed E-state index contributed by atoms with van der Waals surface area (Å²) >= 11 is 0. The number of likely N-dealkylation sites (tertiary alicyclic amines) is 1. The standard InChI is InChI=1S/C26H37FN4/c1-26(2)19-4-3-18(22(26)13-19)16-30-11-8-21(9-12-30)31-24-6-5-20(27)14-23(24)29-25(31)17-7-10-28-15-17/h5-6,14,17-19,21-22,28H,3-4,7-13,15-16H2,1-2H3. The second-order valence-electron chi connectivity index (χ2n) is 11.4. The number of piperidine rings is 1. The Labute approximate surface area is 185 Å². The summed E-state index contributed by atoms with van der Waals surface area (Å²) in [5.74, 6) is 4.27. The van der Waals surface area contributed by atoms with Crippen LogP contribution in [0.15, 0.2) is 18.2 Å². The highest BCUT2D eigenvalue weighted by Gasteiger charge is 2.54. The van der Waals surface area contributed by atoms with Crippen molar-refractivity contribution in [2.24, 2.45) is 23.2 Å². The Hall–Kier alpha value is -1.46. The predicted octanol–water partition coefficient (Wildman–Crippen LogP) is 4.96. The monoisotopic (exact) mass is 424 g/mol. The van der Waals surface area contributed by atoms with Gasteiger partial charge in [-0.1, -0.05) is 13.8 Å². The molecule has 2 saturated heterocycles. The van der Waals surface area contributed by atoms with Gasteiger partial charge in [0.25, 0.3) is 0 Å². The lowest BCUT2D eigenvalue weighted by atomic mass is 9.45. The van der Waals surface area contributed by atoms with Crippen molar-refractivity contribution >= 4 is 11.0 Å². The lowest BCUT2D eigenvalue weighted by Gasteiger charge is -2.61. The van der Waals surface area contributed by atoms with Gasteiger partial charge in [0.15, 0.2) is 0 Å². The molecule has 168 valence electrons. The maximum absolute atomic E-state index is 13.9. The number of benzene rings is 1. The van der Waals surface area contributed by atoms with Gasteiger partial charge in [-0.3, -0.25) is 0 Å². The van der Waals surface area contributed by atoms with Crippen LogP contribution in [0.4, 0.5) is 4.39 Å². The van der Waals surface area contributed by atoms with Crippen molar-refractivity contribution in [1.82, 2.24) is 19.8 Å². The molecule has 5 fully saturated rings. The molecule has 0 amide bonds. The van der Waals surface area contributed by atoms with E-state index in [1.165, 1.54) is 57.6 Å². The molecule has 2 aromatic rings. The first-order valence-electron chi connectivity index (χ1n) is 12.6. The van der Waals surface area contributed by atoms with Gasteiger partial charge in [-0.2, -0.15) is 0 Å². The molecule has 31 heavy (non-hydrogen) atoms. The van der Waals surface area contributed by atoms with Gasteiger partial charge < -0.3 is 14.8 Å². The average Bonchev–Trinajstić information content (AvgIpc) is 3.42. The van der Waals surface area contributed by atoms with E-state index < -0.39 is 0 Å². The van der Waals surface area contributed by atoms with Crippen LogP contribution < -0.4 is 5.32 Å². The van der Waals surface area contributed by atoms with Gasteiger partial charge in [-0.25, -0.2) is 9.37 Å². The van der Waals surface area contributed by atoms with E-state index in [4.69, 9.17) is 4.98 Å². The minimum atomic E-state index is -0.184. The molecule has 7 rings (SSSR count). The highest BCUT2D eigenvalue weighted by atomic mass is 19.1. The zero-order valence-electron chi connectivity index (χ0n) is 19.1. The Morgan fingerprint density at radius 3 is 2.68 bits per heavy atom. The van der Waals surface area contributed by atoms with Crippen molar-refractivity contribution in [3.63, 3.8) is 0 Å². The fourth-order valence-electron chi connectivity index (χ4n) is 7.51. The van der Waals surface area contributed by atoms with E-state index in [9.17, 15) is 4.39 Å². The van der Waals surface area contributed by atoms with Gasteiger partial charge in [0.1, 0.15) is 11.6 Å². The van der Waals surface area contributed by atoms with Crippen LogP contribution in [0.2, 0.25) is 0 Å². The number of fused-ring (bicyclic) bond motifs is 3. The summed E-state index contributed by atoms with van der Waals surface area (Å²) in [6.07, 6.45) is 7.85. The minimum Gasteiger partial charge on any atom is -0.324 e. The predicted molar refractivity (Wildman–Crippen MR) is 123 cm³/mol. The SMILES string of the molecule is CC1(C)C2CCC(CN3CCC(n4c(C5CCNC5)nc5cc(F)ccc54)CC3)C1C2. The third-order valence-electron chi connectivity index (χ3n) is 9.52. The molecule has 0 spiro atoms. The van der Waals surface area contributed by atoms with E-state index in [2.05, 4.69) is 28.6 Å². The van der Waals surface area contributed by atoms with Crippen molar-refractivity contribution in [2.75, 3.05) is 32.7 Å². The van der Waals surface area contributed by atoms with Crippen LogP contribution in [-0.4, -0.2) is 47.2 Å². The molecule has 2 bridgehead atoms. The molecule has 3 saturated carbocycles. The lowest BCUT2D eigenvalue weighted by Crippen LogP contribution is -2.55. The molecule has 4 atom stereocenters. The zero-order valence-corrected chi connectivity index (χ0v) is 19.1. The van der Waals surface area contributed by atoms with E-state index in [0.29, 0.717) is 17.4 Å². The van der Waals surface area contributed by atoms with Crippen molar-refractivity contribution in [2.45, 2.75) is 64.3 Å². The maximum atomic E-state index is 13.9. The van der Waals surface area contributed by atoms with Crippen molar-refractivity contribution < 1.29 is 4.39 Å². The number of halogens is 1. The topological polar surface area (TPSA) is 33.1 Å². The second-order valence-corrected chi connectivity index (χ2v) is 11.4. The fourth-order valence-corrected chi connectivity index (χ4v) is 7.51. The Bertz CT molecular complexity index is 950. The smallest absolute Gasteiger partial charge is 0.125 e. The van der Waals surface area contributed by atoms with E-state index in [0.717, 1.165) is 48.3 Å². The molecule has 1 aromatic heterocycles. The van der Waals surface area contributed by atoms with Gasteiger partial charge >= 0.3 is 0 Å². The third kappa shape index (κ3) is 3.34.